The first-order valence-electron chi connectivity index (χ1n) is 8.93. The fourth-order valence-corrected chi connectivity index (χ4v) is 4.34. The summed E-state index contributed by atoms with van der Waals surface area (Å²) in [5.74, 6) is 0.568. The average Bonchev–Trinajstić information content (AvgIpc) is 2.76. The van der Waals surface area contributed by atoms with E-state index in [0.29, 0.717) is 0 Å². The standard InChI is InChI=1S/C20H16N8/c1-13(2-22-9-21-1)17-18(14-3-23-10-24-4-14)20(16-7-27-12-28-8-16)19(17)15-5-25-11-26-6-15/h1-12,17-20H. The molecule has 0 N–H and O–H groups in total. The van der Waals surface area contributed by atoms with Gasteiger partial charge in [0, 0.05) is 73.2 Å². The predicted molar refractivity (Wildman–Crippen MR) is 99.1 cm³/mol. The van der Waals surface area contributed by atoms with Crippen LogP contribution in [0.1, 0.15) is 45.9 Å². The Morgan fingerprint density at radius 3 is 0.679 bits per heavy atom. The van der Waals surface area contributed by atoms with E-state index >= 15 is 0 Å². The summed E-state index contributed by atoms with van der Waals surface area (Å²) >= 11 is 0. The lowest BCUT2D eigenvalue weighted by atomic mass is 9.50. The van der Waals surface area contributed by atoms with Gasteiger partial charge in [-0.2, -0.15) is 0 Å². The fraction of sp³-hybridized carbons (Fsp3) is 0.200. The van der Waals surface area contributed by atoms with Gasteiger partial charge in [-0.25, -0.2) is 39.9 Å². The predicted octanol–water partition coefficient (Wildman–Crippen LogP) is 2.30. The van der Waals surface area contributed by atoms with E-state index in [9.17, 15) is 0 Å². The maximum Gasteiger partial charge on any atom is 0.115 e. The third-order valence-corrected chi connectivity index (χ3v) is 5.41. The van der Waals surface area contributed by atoms with E-state index in [1.165, 1.54) is 0 Å². The first-order valence-corrected chi connectivity index (χ1v) is 8.93. The minimum absolute atomic E-state index is 0.142. The molecule has 4 heterocycles. The van der Waals surface area contributed by atoms with Gasteiger partial charge in [-0.15, -0.1) is 0 Å². The third-order valence-electron chi connectivity index (χ3n) is 5.41. The van der Waals surface area contributed by atoms with Crippen molar-refractivity contribution in [3.8, 4) is 0 Å². The van der Waals surface area contributed by atoms with E-state index in [2.05, 4.69) is 39.9 Å². The first-order chi connectivity index (χ1) is 13.9. The minimum Gasteiger partial charge on any atom is -0.245 e. The molecule has 0 unspecified atom stereocenters. The van der Waals surface area contributed by atoms with Gasteiger partial charge < -0.3 is 0 Å². The van der Waals surface area contributed by atoms with Crippen LogP contribution in [-0.4, -0.2) is 39.9 Å². The number of rotatable bonds is 4. The zero-order valence-electron chi connectivity index (χ0n) is 14.8. The molecule has 5 rings (SSSR count). The minimum atomic E-state index is 0.142. The highest BCUT2D eigenvalue weighted by Crippen LogP contribution is 2.65. The van der Waals surface area contributed by atoms with Crippen LogP contribution in [0.3, 0.4) is 0 Å². The normalized spacial score (nSPS) is 23.7. The molecule has 4 aromatic rings. The Labute approximate surface area is 161 Å². The summed E-state index contributed by atoms with van der Waals surface area (Å²) in [4.78, 5) is 33.9. The van der Waals surface area contributed by atoms with Gasteiger partial charge in [-0.05, 0) is 22.3 Å². The zero-order chi connectivity index (χ0) is 18.8. The third kappa shape index (κ3) is 2.79. The van der Waals surface area contributed by atoms with Gasteiger partial charge in [0.25, 0.3) is 0 Å². The summed E-state index contributed by atoms with van der Waals surface area (Å²) < 4.78 is 0. The van der Waals surface area contributed by atoms with Crippen molar-refractivity contribution in [2.45, 2.75) is 23.7 Å². The molecule has 1 saturated carbocycles. The Morgan fingerprint density at radius 2 is 0.500 bits per heavy atom. The molecule has 1 aliphatic carbocycles. The van der Waals surface area contributed by atoms with Gasteiger partial charge in [-0.1, -0.05) is 0 Å². The Kier molecular flexibility index (Phi) is 4.21. The van der Waals surface area contributed by atoms with E-state index in [1.807, 2.05) is 49.6 Å². The Morgan fingerprint density at radius 1 is 0.321 bits per heavy atom. The molecule has 0 saturated heterocycles. The molecule has 0 spiro atoms. The molecule has 8 heteroatoms. The molecule has 0 bridgehead atoms. The van der Waals surface area contributed by atoms with Crippen molar-refractivity contribution in [2.24, 2.45) is 0 Å². The van der Waals surface area contributed by atoms with Crippen molar-refractivity contribution in [2.75, 3.05) is 0 Å². The average molecular weight is 368 g/mol. The van der Waals surface area contributed by atoms with Gasteiger partial charge in [-0.3, -0.25) is 0 Å². The maximum atomic E-state index is 4.24. The number of nitrogens with zero attached hydrogens (tertiary/aromatic N) is 8. The van der Waals surface area contributed by atoms with Gasteiger partial charge in [0.2, 0.25) is 0 Å². The highest BCUT2D eigenvalue weighted by molar-refractivity contribution is 5.44. The summed E-state index contributed by atoms with van der Waals surface area (Å²) in [5, 5.41) is 0. The van der Waals surface area contributed by atoms with Crippen molar-refractivity contribution in [1.29, 1.82) is 0 Å². The molecular weight excluding hydrogens is 352 g/mol. The van der Waals surface area contributed by atoms with E-state index in [0.717, 1.165) is 22.3 Å². The van der Waals surface area contributed by atoms with Gasteiger partial charge in [0.05, 0.1) is 0 Å². The lowest BCUT2D eigenvalue weighted by Crippen LogP contribution is -2.40. The van der Waals surface area contributed by atoms with Crippen molar-refractivity contribution < 1.29 is 0 Å². The van der Waals surface area contributed by atoms with Crippen LogP contribution in [-0.2, 0) is 0 Å². The van der Waals surface area contributed by atoms with Crippen molar-refractivity contribution in [3.05, 3.63) is 97.1 Å². The molecule has 1 aliphatic rings. The molecule has 0 aromatic carbocycles. The number of aromatic nitrogens is 8. The quantitative estimate of drug-likeness (QED) is 0.540. The topological polar surface area (TPSA) is 103 Å². The van der Waals surface area contributed by atoms with Crippen LogP contribution in [0.25, 0.3) is 0 Å². The lowest BCUT2D eigenvalue weighted by molar-refractivity contribution is 0.225. The summed E-state index contributed by atoms with van der Waals surface area (Å²) in [6.07, 6.45) is 21.2. The van der Waals surface area contributed by atoms with Gasteiger partial charge in [0.15, 0.2) is 0 Å². The Hall–Kier alpha value is -3.68. The molecule has 1 fully saturated rings. The Bertz CT molecular complexity index is 849. The molecule has 136 valence electrons. The number of hydrogen-bond donors (Lipinski definition) is 0. The fourth-order valence-electron chi connectivity index (χ4n) is 4.34. The summed E-state index contributed by atoms with van der Waals surface area (Å²) in [7, 11) is 0. The molecule has 0 aliphatic heterocycles. The van der Waals surface area contributed by atoms with Gasteiger partial charge >= 0.3 is 0 Å². The second-order valence-electron chi connectivity index (χ2n) is 6.79. The molecule has 0 radical (unpaired) electrons. The molecule has 4 aromatic heterocycles. The van der Waals surface area contributed by atoms with Crippen LogP contribution in [0.4, 0.5) is 0 Å². The SMILES string of the molecule is c1ncc(C2C(c3cncnc3)C(c3cncnc3)C2c2cncnc2)cn1. The maximum absolute atomic E-state index is 4.24. The smallest absolute Gasteiger partial charge is 0.115 e. The Balaban J connectivity index is 1.67. The molecule has 8 nitrogen and oxygen atoms in total. The van der Waals surface area contributed by atoms with Crippen LogP contribution in [0.2, 0.25) is 0 Å². The van der Waals surface area contributed by atoms with Crippen LogP contribution in [0.15, 0.2) is 74.9 Å². The largest absolute Gasteiger partial charge is 0.245 e. The summed E-state index contributed by atoms with van der Waals surface area (Å²) in [6, 6.07) is 0. The molecule has 0 amide bonds. The number of hydrogen-bond acceptors (Lipinski definition) is 8. The lowest BCUT2D eigenvalue weighted by Gasteiger charge is -2.52. The van der Waals surface area contributed by atoms with Crippen LogP contribution in [0, 0.1) is 0 Å². The molecule has 0 atom stereocenters. The van der Waals surface area contributed by atoms with Crippen molar-refractivity contribution in [3.63, 3.8) is 0 Å². The first kappa shape index (κ1) is 16.5. The summed E-state index contributed by atoms with van der Waals surface area (Å²) in [6.45, 7) is 0. The van der Waals surface area contributed by atoms with Gasteiger partial charge in [0.1, 0.15) is 25.3 Å². The highest BCUT2D eigenvalue weighted by atomic mass is 14.8. The van der Waals surface area contributed by atoms with Crippen LogP contribution >= 0.6 is 0 Å². The van der Waals surface area contributed by atoms with E-state index in [4.69, 9.17) is 0 Å². The highest BCUT2D eigenvalue weighted by Gasteiger charge is 2.53. The second kappa shape index (κ2) is 7.15. The van der Waals surface area contributed by atoms with Crippen molar-refractivity contribution in [1.82, 2.24) is 39.9 Å². The van der Waals surface area contributed by atoms with Crippen LogP contribution in [0.5, 0.6) is 0 Å². The van der Waals surface area contributed by atoms with E-state index in [-0.39, 0.29) is 23.7 Å². The molecule has 28 heavy (non-hydrogen) atoms. The second-order valence-corrected chi connectivity index (χ2v) is 6.79. The molecular formula is C20H16N8. The summed E-state index contributed by atoms with van der Waals surface area (Å²) in [5.41, 5.74) is 4.27. The zero-order valence-corrected chi connectivity index (χ0v) is 14.8. The van der Waals surface area contributed by atoms with E-state index < -0.39 is 0 Å². The monoisotopic (exact) mass is 368 g/mol. The van der Waals surface area contributed by atoms with E-state index in [1.54, 1.807) is 25.3 Å². The van der Waals surface area contributed by atoms with Crippen molar-refractivity contribution >= 4 is 0 Å². The van der Waals surface area contributed by atoms with Crippen LogP contribution < -0.4 is 0 Å².